The van der Waals surface area contributed by atoms with Crippen molar-refractivity contribution in [2.75, 3.05) is 12.4 Å². The zero-order valence-electron chi connectivity index (χ0n) is 9.27. The van der Waals surface area contributed by atoms with E-state index in [0.29, 0.717) is 24.7 Å². The molecule has 0 aliphatic carbocycles. The summed E-state index contributed by atoms with van der Waals surface area (Å²) in [6.07, 6.45) is 2.28. The molecular formula is C10H12N4O3. The van der Waals surface area contributed by atoms with Crippen LogP contribution in [0.2, 0.25) is 0 Å². The van der Waals surface area contributed by atoms with E-state index in [2.05, 4.69) is 20.6 Å². The van der Waals surface area contributed by atoms with Crippen LogP contribution in [0.25, 0.3) is 0 Å². The second-order valence-corrected chi connectivity index (χ2v) is 3.57. The van der Waals surface area contributed by atoms with Gasteiger partial charge in [0.2, 0.25) is 23.6 Å². The molecule has 1 fully saturated rings. The van der Waals surface area contributed by atoms with Gasteiger partial charge in [-0.2, -0.15) is 4.98 Å². The smallest absolute Gasteiger partial charge is 0.249 e. The van der Waals surface area contributed by atoms with E-state index >= 15 is 0 Å². The van der Waals surface area contributed by atoms with Gasteiger partial charge in [0.05, 0.1) is 7.11 Å². The van der Waals surface area contributed by atoms with E-state index in [4.69, 9.17) is 4.74 Å². The van der Waals surface area contributed by atoms with Gasteiger partial charge in [-0.15, -0.1) is 0 Å². The highest BCUT2D eigenvalue weighted by atomic mass is 16.5. The second kappa shape index (κ2) is 4.77. The number of methoxy groups -OCH3 is 1. The average molecular weight is 236 g/mol. The number of imide groups is 1. The molecule has 2 heterocycles. The van der Waals surface area contributed by atoms with Crippen LogP contribution in [0.5, 0.6) is 5.88 Å². The molecule has 0 bridgehead atoms. The minimum atomic E-state index is -0.486. The quantitative estimate of drug-likeness (QED) is 0.700. The van der Waals surface area contributed by atoms with Gasteiger partial charge >= 0.3 is 0 Å². The van der Waals surface area contributed by atoms with Crippen molar-refractivity contribution in [3.63, 3.8) is 0 Å². The highest BCUT2D eigenvalue weighted by molar-refractivity contribution is 6.01. The minimum Gasteiger partial charge on any atom is -0.481 e. The number of ether oxygens (including phenoxy) is 1. The Labute approximate surface area is 97.6 Å². The Morgan fingerprint density at radius 2 is 2.35 bits per heavy atom. The molecule has 7 nitrogen and oxygen atoms in total. The molecule has 1 aliphatic heterocycles. The standard InChI is InChI=1S/C10H12N4O3/c1-17-8-4-5-11-10(14-8)12-6-2-3-7(15)13-9(6)16/h4-6H,2-3H2,1H3,(H,11,12,14)(H,13,15,16). The van der Waals surface area contributed by atoms with Gasteiger partial charge in [0, 0.05) is 18.7 Å². The summed E-state index contributed by atoms with van der Waals surface area (Å²) in [5.41, 5.74) is 0. The lowest BCUT2D eigenvalue weighted by Gasteiger charge is -2.21. The Morgan fingerprint density at radius 3 is 3.06 bits per heavy atom. The van der Waals surface area contributed by atoms with Gasteiger partial charge in [-0.1, -0.05) is 0 Å². The van der Waals surface area contributed by atoms with Gasteiger partial charge in [-0.3, -0.25) is 14.9 Å². The predicted molar refractivity (Wildman–Crippen MR) is 58.4 cm³/mol. The molecule has 1 atom stereocenters. The maximum atomic E-state index is 11.5. The lowest BCUT2D eigenvalue weighted by atomic mass is 10.1. The van der Waals surface area contributed by atoms with Gasteiger partial charge in [-0.25, -0.2) is 4.98 Å². The number of amides is 2. The molecule has 1 saturated heterocycles. The van der Waals surface area contributed by atoms with E-state index in [9.17, 15) is 9.59 Å². The molecular weight excluding hydrogens is 224 g/mol. The Hall–Kier alpha value is -2.18. The van der Waals surface area contributed by atoms with Crippen molar-refractivity contribution >= 4 is 17.8 Å². The van der Waals surface area contributed by atoms with E-state index in [1.807, 2.05) is 0 Å². The first kappa shape index (κ1) is 11.3. The number of nitrogens with one attached hydrogen (secondary N) is 2. The highest BCUT2D eigenvalue weighted by Gasteiger charge is 2.26. The van der Waals surface area contributed by atoms with Crippen molar-refractivity contribution in [2.45, 2.75) is 18.9 Å². The highest BCUT2D eigenvalue weighted by Crippen LogP contribution is 2.12. The third-order valence-electron chi connectivity index (χ3n) is 2.38. The second-order valence-electron chi connectivity index (χ2n) is 3.57. The van der Waals surface area contributed by atoms with Crippen LogP contribution in [0.1, 0.15) is 12.8 Å². The van der Waals surface area contributed by atoms with Crippen LogP contribution in [-0.4, -0.2) is 34.9 Å². The first-order valence-corrected chi connectivity index (χ1v) is 5.16. The van der Waals surface area contributed by atoms with Crippen molar-refractivity contribution in [1.29, 1.82) is 0 Å². The molecule has 1 unspecified atom stereocenters. The van der Waals surface area contributed by atoms with E-state index < -0.39 is 6.04 Å². The topological polar surface area (TPSA) is 93.2 Å². The maximum absolute atomic E-state index is 11.5. The molecule has 0 spiro atoms. The van der Waals surface area contributed by atoms with Gasteiger partial charge in [-0.05, 0) is 6.42 Å². The number of hydrogen-bond acceptors (Lipinski definition) is 6. The number of carbonyl (C=O) groups is 2. The Balaban J connectivity index is 2.05. The fourth-order valence-corrected chi connectivity index (χ4v) is 1.51. The van der Waals surface area contributed by atoms with Gasteiger partial charge in [0.25, 0.3) is 0 Å². The van der Waals surface area contributed by atoms with Crippen LogP contribution < -0.4 is 15.4 Å². The first-order valence-electron chi connectivity index (χ1n) is 5.16. The van der Waals surface area contributed by atoms with Crippen molar-refractivity contribution in [3.8, 4) is 5.88 Å². The third kappa shape index (κ3) is 2.68. The zero-order chi connectivity index (χ0) is 12.3. The van der Waals surface area contributed by atoms with Crippen LogP contribution in [-0.2, 0) is 9.59 Å². The Bertz CT molecular complexity index is 449. The molecule has 17 heavy (non-hydrogen) atoms. The van der Waals surface area contributed by atoms with E-state index in [1.54, 1.807) is 6.07 Å². The average Bonchev–Trinajstić information content (AvgIpc) is 2.33. The fraction of sp³-hybridized carbons (Fsp3) is 0.400. The number of anilines is 1. The van der Waals surface area contributed by atoms with Crippen molar-refractivity contribution < 1.29 is 14.3 Å². The molecule has 7 heteroatoms. The number of carbonyl (C=O) groups excluding carboxylic acids is 2. The minimum absolute atomic E-state index is 0.250. The molecule has 0 radical (unpaired) electrons. The zero-order valence-corrected chi connectivity index (χ0v) is 9.27. The Morgan fingerprint density at radius 1 is 1.53 bits per heavy atom. The summed E-state index contributed by atoms with van der Waals surface area (Å²) in [5, 5.41) is 5.11. The lowest BCUT2D eigenvalue weighted by Crippen LogP contribution is -2.47. The third-order valence-corrected chi connectivity index (χ3v) is 2.38. The van der Waals surface area contributed by atoms with Crippen LogP contribution in [0.4, 0.5) is 5.95 Å². The van der Waals surface area contributed by atoms with Crippen LogP contribution in [0, 0.1) is 0 Å². The largest absolute Gasteiger partial charge is 0.481 e. The summed E-state index contributed by atoms with van der Waals surface area (Å²) in [4.78, 5) is 30.4. The van der Waals surface area contributed by atoms with E-state index in [0.717, 1.165) is 0 Å². The number of nitrogens with zero attached hydrogens (tertiary/aromatic N) is 2. The van der Waals surface area contributed by atoms with E-state index in [-0.39, 0.29) is 11.8 Å². The number of piperidine rings is 1. The molecule has 2 rings (SSSR count). The molecule has 0 aromatic carbocycles. The number of rotatable bonds is 3. The summed E-state index contributed by atoms with van der Waals surface area (Å²) in [5.74, 6) is 0.112. The summed E-state index contributed by atoms with van der Waals surface area (Å²) in [7, 11) is 1.50. The summed E-state index contributed by atoms with van der Waals surface area (Å²) >= 11 is 0. The summed E-state index contributed by atoms with van der Waals surface area (Å²) in [6, 6.07) is 1.12. The monoisotopic (exact) mass is 236 g/mol. The van der Waals surface area contributed by atoms with Gasteiger partial charge in [0.1, 0.15) is 6.04 Å². The van der Waals surface area contributed by atoms with Crippen molar-refractivity contribution in [3.05, 3.63) is 12.3 Å². The molecule has 1 aromatic rings. The van der Waals surface area contributed by atoms with Gasteiger partial charge < -0.3 is 10.1 Å². The predicted octanol–water partition coefficient (Wildman–Crippen LogP) is -0.298. The summed E-state index contributed by atoms with van der Waals surface area (Å²) < 4.78 is 4.94. The molecule has 90 valence electrons. The van der Waals surface area contributed by atoms with Crippen molar-refractivity contribution in [1.82, 2.24) is 15.3 Å². The van der Waals surface area contributed by atoms with Crippen LogP contribution in [0.15, 0.2) is 12.3 Å². The van der Waals surface area contributed by atoms with Crippen LogP contribution >= 0.6 is 0 Å². The maximum Gasteiger partial charge on any atom is 0.249 e. The number of hydrogen-bond donors (Lipinski definition) is 2. The Kier molecular flexibility index (Phi) is 3.17. The first-order chi connectivity index (χ1) is 8.19. The molecule has 2 N–H and O–H groups in total. The molecule has 1 aromatic heterocycles. The molecule has 2 amide bonds. The molecule has 0 saturated carbocycles. The van der Waals surface area contributed by atoms with Crippen molar-refractivity contribution in [2.24, 2.45) is 0 Å². The summed E-state index contributed by atoms with van der Waals surface area (Å²) in [6.45, 7) is 0. The van der Waals surface area contributed by atoms with Gasteiger partial charge in [0.15, 0.2) is 0 Å². The van der Waals surface area contributed by atoms with Crippen LogP contribution in [0.3, 0.4) is 0 Å². The normalized spacial score (nSPS) is 19.7. The van der Waals surface area contributed by atoms with E-state index in [1.165, 1.54) is 13.3 Å². The SMILES string of the molecule is COc1ccnc(NC2CCC(=O)NC2=O)n1. The molecule has 1 aliphatic rings. The lowest BCUT2D eigenvalue weighted by molar-refractivity contribution is -0.133. The fourth-order valence-electron chi connectivity index (χ4n) is 1.51. The number of aromatic nitrogens is 2.